The van der Waals surface area contributed by atoms with Crippen molar-refractivity contribution >= 4 is 23.7 Å². The lowest BCUT2D eigenvalue weighted by atomic mass is 10.2. The molecule has 0 saturated carbocycles. The summed E-state index contributed by atoms with van der Waals surface area (Å²) in [4.78, 5) is 21.3. The van der Waals surface area contributed by atoms with Crippen LogP contribution in [0.15, 0.2) is 52.4 Å². The Hall–Kier alpha value is -1.32. The number of carbonyl (C=O) groups excluding carboxylic acids is 1. The van der Waals surface area contributed by atoms with Crippen LogP contribution in [0, 0.1) is 0 Å². The standard InChI is InChI=1S/C21H28N3O2S.HI/c1-15(2)24(5,16(3)4)14-26-21(25)23-13-17-9-6-7-10-18(17)27-19-11-8-12-22-20(19)23;/h6-12,15-16H,13-14H2,1-5H3;1H/q+1;/p-1. The van der Waals surface area contributed by atoms with Crippen molar-refractivity contribution in [3.63, 3.8) is 0 Å². The molecule has 1 aliphatic heterocycles. The molecular weight excluding hydrogens is 485 g/mol. The fourth-order valence-corrected chi connectivity index (χ4v) is 4.13. The van der Waals surface area contributed by atoms with E-state index < -0.39 is 0 Å². The van der Waals surface area contributed by atoms with Gasteiger partial charge in [0.1, 0.15) is 0 Å². The highest BCUT2D eigenvalue weighted by atomic mass is 127. The summed E-state index contributed by atoms with van der Waals surface area (Å²) in [6.45, 7) is 9.42. The van der Waals surface area contributed by atoms with E-state index in [-0.39, 0.29) is 30.1 Å². The summed E-state index contributed by atoms with van der Waals surface area (Å²) in [6, 6.07) is 12.7. The number of rotatable bonds is 4. The highest BCUT2D eigenvalue weighted by molar-refractivity contribution is 7.99. The van der Waals surface area contributed by atoms with E-state index in [9.17, 15) is 4.79 Å². The Morgan fingerprint density at radius 2 is 1.79 bits per heavy atom. The van der Waals surface area contributed by atoms with Crippen LogP contribution in [0.3, 0.4) is 0 Å². The molecule has 0 saturated heterocycles. The molecular formula is C21H28IN3O2S. The van der Waals surface area contributed by atoms with Crippen LogP contribution in [0.2, 0.25) is 0 Å². The molecule has 3 rings (SSSR count). The molecule has 7 heteroatoms. The second-order valence-corrected chi connectivity index (χ2v) is 8.78. The zero-order valence-corrected chi connectivity index (χ0v) is 20.0. The number of halogens is 1. The number of pyridine rings is 1. The first-order chi connectivity index (χ1) is 12.8. The molecule has 2 heterocycles. The Labute approximate surface area is 189 Å². The van der Waals surface area contributed by atoms with Crippen molar-refractivity contribution < 1.29 is 38.0 Å². The van der Waals surface area contributed by atoms with E-state index in [2.05, 4.69) is 51.9 Å². The maximum atomic E-state index is 13.1. The highest BCUT2D eigenvalue weighted by Crippen LogP contribution is 2.40. The Balaban J connectivity index is 0.00000280. The summed E-state index contributed by atoms with van der Waals surface area (Å²) in [6.07, 6.45) is 1.37. The number of anilines is 1. The minimum absolute atomic E-state index is 0. The number of hydrogen-bond acceptors (Lipinski definition) is 4. The van der Waals surface area contributed by atoms with Crippen molar-refractivity contribution in [1.29, 1.82) is 0 Å². The summed E-state index contributed by atoms with van der Waals surface area (Å²) in [7, 11) is 2.13. The number of ether oxygens (including phenoxy) is 1. The lowest BCUT2D eigenvalue weighted by molar-refractivity contribution is -0.963. The molecule has 0 fully saturated rings. The van der Waals surface area contributed by atoms with Crippen LogP contribution in [0.5, 0.6) is 0 Å². The van der Waals surface area contributed by atoms with Crippen molar-refractivity contribution in [2.75, 3.05) is 18.7 Å². The predicted molar refractivity (Wildman–Crippen MR) is 109 cm³/mol. The fourth-order valence-electron chi connectivity index (χ4n) is 3.08. The van der Waals surface area contributed by atoms with E-state index in [0.29, 0.717) is 35.7 Å². The third-order valence-corrected chi connectivity index (χ3v) is 6.73. The van der Waals surface area contributed by atoms with Gasteiger partial charge in [0.05, 0.1) is 30.6 Å². The Morgan fingerprint density at radius 1 is 1.14 bits per heavy atom. The number of hydrogen-bond donors (Lipinski definition) is 0. The predicted octanol–water partition coefficient (Wildman–Crippen LogP) is 1.91. The van der Waals surface area contributed by atoms with Gasteiger partial charge >= 0.3 is 6.09 Å². The van der Waals surface area contributed by atoms with Crippen molar-refractivity contribution in [3.05, 3.63) is 48.2 Å². The van der Waals surface area contributed by atoms with Gasteiger partial charge in [-0.15, -0.1) is 0 Å². The van der Waals surface area contributed by atoms with Gasteiger partial charge in [-0.1, -0.05) is 30.0 Å². The Kier molecular flexibility index (Phi) is 7.75. The molecule has 0 N–H and O–H groups in total. The fraction of sp³-hybridized carbons (Fsp3) is 0.429. The van der Waals surface area contributed by atoms with Crippen molar-refractivity contribution in [1.82, 2.24) is 4.98 Å². The molecule has 0 radical (unpaired) electrons. The van der Waals surface area contributed by atoms with Crippen LogP contribution < -0.4 is 28.9 Å². The van der Waals surface area contributed by atoms with Crippen molar-refractivity contribution in [2.45, 2.75) is 56.1 Å². The Morgan fingerprint density at radius 3 is 2.46 bits per heavy atom. The molecule has 152 valence electrons. The topological polar surface area (TPSA) is 42.4 Å². The molecule has 0 aliphatic carbocycles. The molecule has 1 aromatic heterocycles. The van der Waals surface area contributed by atoms with E-state index in [1.807, 2.05) is 24.3 Å². The van der Waals surface area contributed by atoms with Crippen LogP contribution in [-0.2, 0) is 11.3 Å². The maximum absolute atomic E-state index is 13.1. The SMILES string of the molecule is CC(C)[N+](C)(COC(=O)N1Cc2ccccc2Sc2cccnc21)C(C)C.[I-]. The van der Waals surface area contributed by atoms with Gasteiger partial charge in [-0.25, -0.2) is 9.78 Å². The van der Waals surface area contributed by atoms with E-state index in [1.165, 1.54) is 0 Å². The molecule has 1 amide bonds. The molecule has 5 nitrogen and oxygen atoms in total. The average molecular weight is 513 g/mol. The monoisotopic (exact) mass is 513 g/mol. The van der Waals surface area contributed by atoms with E-state index in [1.54, 1.807) is 22.9 Å². The molecule has 2 aromatic rings. The lowest BCUT2D eigenvalue weighted by Crippen LogP contribution is -3.00. The first-order valence-corrected chi connectivity index (χ1v) is 10.1. The largest absolute Gasteiger partial charge is 1.00 e. The van der Waals surface area contributed by atoms with Gasteiger partial charge in [0.2, 0.25) is 6.73 Å². The van der Waals surface area contributed by atoms with E-state index >= 15 is 0 Å². The number of fused-ring (bicyclic) bond motifs is 2. The second-order valence-electron chi connectivity index (χ2n) is 7.69. The van der Waals surface area contributed by atoms with Gasteiger partial charge in [0.25, 0.3) is 0 Å². The normalized spacial score (nSPS) is 13.5. The first-order valence-electron chi connectivity index (χ1n) is 9.33. The summed E-state index contributed by atoms with van der Waals surface area (Å²) >= 11 is 1.64. The van der Waals surface area contributed by atoms with Gasteiger partial charge in [0.15, 0.2) is 5.82 Å². The van der Waals surface area contributed by atoms with Gasteiger partial charge in [0, 0.05) is 11.1 Å². The van der Waals surface area contributed by atoms with Crippen LogP contribution in [-0.4, -0.2) is 41.4 Å². The van der Waals surface area contributed by atoms with Gasteiger partial charge in [-0.05, 0) is 51.5 Å². The average Bonchev–Trinajstić information content (AvgIpc) is 2.82. The van der Waals surface area contributed by atoms with Crippen molar-refractivity contribution in [3.8, 4) is 0 Å². The second kappa shape index (κ2) is 9.45. The summed E-state index contributed by atoms with van der Waals surface area (Å²) < 4.78 is 6.47. The molecule has 28 heavy (non-hydrogen) atoms. The summed E-state index contributed by atoms with van der Waals surface area (Å²) in [5, 5.41) is 0. The molecule has 0 atom stereocenters. The number of amides is 1. The number of carbonyl (C=O) groups is 1. The van der Waals surface area contributed by atoms with Gasteiger partial charge in [-0.3, -0.25) is 9.38 Å². The number of aromatic nitrogens is 1. The van der Waals surface area contributed by atoms with Gasteiger partial charge in [-0.2, -0.15) is 0 Å². The van der Waals surface area contributed by atoms with Crippen molar-refractivity contribution in [2.24, 2.45) is 0 Å². The van der Waals surface area contributed by atoms with E-state index in [4.69, 9.17) is 4.74 Å². The zero-order chi connectivity index (χ0) is 19.6. The summed E-state index contributed by atoms with van der Waals surface area (Å²) in [5.74, 6) is 0.659. The number of benzene rings is 1. The van der Waals surface area contributed by atoms with E-state index in [0.717, 1.165) is 15.4 Å². The van der Waals surface area contributed by atoms with Crippen LogP contribution >= 0.6 is 11.8 Å². The quantitative estimate of drug-likeness (QED) is 0.356. The molecule has 0 spiro atoms. The minimum atomic E-state index is -0.349. The van der Waals surface area contributed by atoms with Crippen LogP contribution in [0.25, 0.3) is 0 Å². The maximum Gasteiger partial charge on any atom is 0.420 e. The molecule has 0 bridgehead atoms. The molecule has 1 aromatic carbocycles. The van der Waals surface area contributed by atoms with Crippen LogP contribution in [0.1, 0.15) is 33.3 Å². The van der Waals surface area contributed by atoms with Crippen LogP contribution in [0.4, 0.5) is 10.6 Å². The molecule has 1 aliphatic rings. The lowest BCUT2D eigenvalue weighted by Gasteiger charge is -2.41. The minimum Gasteiger partial charge on any atom is -1.00 e. The molecule has 0 unspecified atom stereocenters. The first kappa shape index (κ1) is 23.0. The third-order valence-electron chi connectivity index (χ3n) is 5.57. The summed E-state index contributed by atoms with van der Waals surface area (Å²) in [5.41, 5.74) is 1.10. The van der Waals surface area contributed by atoms with Gasteiger partial charge < -0.3 is 28.7 Å². The Bertz CT molecular complexity index is 821. The highest BCUT2D eigenvalue weighted by Gasteiger charge is 2.33. The smallest absolute Gasteiger partial charge is 0.420 e. The third kappa shape index (κ3) is 4.63. The number of nitrogens with zero attached hydrogens (tertiary/aromatic N) is 3. The number of quaternary nitrogens is 1. The zero-order valence-electron chi connectivity index (χ0n) is 17.1.